The SMILES string of the molecule is CCOc1ccc(C(C(=O)NC(C)(C)CC)N(Cc2ccco2)C(=O)c2snc(C(N)=O)c2N)cc1. The summed E-state index contributed by atoms with van der Waals surface area (Å²) in [5.74, 6) is -0.719. The molecule has 3 amide bonds. The molecular weight excluding hydrogens is 482 g/mol. The average molecular weight is 514 g/mol. The number of nitrogens with two attached hydrogens (primary N) is 2. The van der Waals surface area contributed by atoms with E-state index in [1.807, 2.05) is 27.7 Å². The fraction of sp³-hybridized carbons (Fsp3) is 0.360. The number of primary amides is 1. The Morgan fingerprint density at radius 2 is 1.89 bits per heavy atom. The van der Waals surface area contributed by atoms with Crippen molar-refractivity contribution in [2.75, 3.05) is 12.3 Å². The van der Waals surface area contributed by atoms with Crippen LogP contribution in [0.4, 0.5) is 5.69 Å². The molecule has 3 rings (SSSR count). The van der Waals surface area contributed by atoms with Gasteiger partial charge in [0.25, 0.3) is 11.8 Å². The Bertz CT molecular complexity index is 1200. The Hall–Kier alpha value is -3.86. The van der Waals surface area contributed by atoms with Crippen molar-refractivity contribution in [3.8, 4) is 5.75 Å². The van der Waals surface area contributed by atoms with E-state index in [9.17, 15) is 14.4 Å². The van der Waals surface area contributed by atoms with Crippen molar-refractivity contribution < 1.29 is 23.5 Å². The van der Waals surface area contributed by atoms with Gasteiger partial charge in [0.15, 0.2) is 5.69 Å². The topological polar surface area (TPSA) is 154 Å². The number of amides is 3. The predicted molar refractivity (Wildman–Crippen MR) is 136 cm³/mol. The Morgan fingerprint density at radius 3 is 2.42 bits per heavy atom. The summed E-state index contributed by atoms with van der Waals surface area (Å²) in [5.41, 5.74) is 11.1. The molecule has 1 unspecified atom stereocenters. The minimum atomic E-state index is -1.05. The number of nitrogen functional groups attached to an aromatic ring is 1. The zero-order valence-corrected chi connectivity index (χ0v) is 21.6. The van der Waals surface area contributed by atoms with Crippen LogP contribution in [0.25, 0.3) is 0 Å². The number of anilines is 1. The van der Waals surface area contributed by atoms with Crippen LogP contribution in [-0.4, -0.2) is 39.1 Å². The maximum absolute atomic E-state index is 13.9. The van der Waals surface area contributed by atoms with Gasteiger partial charge in [-0.05, 0) is 68.6 Å². The third-order valence-corrected chi connectivity index (χ3v) is 6.59. The third kappa shape index (κ3) is 6.03. The lowest BCUT2D eigenvalue weighted by atomic mass is 9.98. The van der Waals surface area contributed by atoms with E-state index in [4.69, 9.17) is 20.6 Å². The lowest BCUT2D eigenvalue weighted by Gasteiger charge is -2.34. The highest BCUT2D eigenvalue weighted by Gasteiger charge is 2.37. The van der Waals surface area contributed by atoms with Crippen LogP contribution in [0.3, 0.4) is 0 Å². The Morgan fingerprint density at radius 1 is 1.19 bits per heavy atom. The first-order valence-corrected chi connectivity index (χ1v) is 12.3. The summed E-state index contributed by atoms with van der Waals surface area (Å²) >= 11 is 0.755. The maximum atomic E-state index is 13.9. The summed E-state index contributed by atoms with van der Waals surface area (Å²) in [7, 11) is 0. The van der Waals surface area contributed by atoms with Gasteiger partial charge < -0.3 is 30.8 Å². The van der Waals surface area contributed by atoms with Gasteiger partial charge >= 0.3 is 0 Å². The quantitative estimate of drug-likeness (QED) is 0.354. The van der Waals surface area contributed by atoms with Gasteiger partial charge in [-0.1, -0.05) is 19.1 Å². The number of carbonyl (C=O) groups excluding carboxylic acids is 3. The van der Waals surface area contributed by atoms with Gasteiger partial charge in [-0.15, -0.1) is 0 Å². The zero-order valence-electron chi connectivity index (χ0n) is 20.7. The normalized spacial score (nSPS) is 12.1. The van der Waals surface area contributed by atoms with Crippen molar-refractivity contribution in [1.29, 1.82) is 0 Å². The Labute approximate surface area is 213 Å². The average Bonchev–Trinajstić information content (AvgIpc) is 3.48. The van der Waals surface area contributed by atoms with E-state index >= 15 is 0 Å². The molecule has 0 spiro atoms. The molecule has 3 aromatic rings. The highest BCUT2D eigenvalue weighted by atomic mass is 32.1. The molecule has 1 aromatic carbocycles. The van der Waals surface area contributed by atoms with Crippen molar-refractivity contribution in [2.24, 2.45) is 5.73 Å². The number of aromatic nitrogens is 1. The lowest BCUT2D eigenvalue weighted by Crippen LogP contribution is -2.50. The lowest BCUT2D eigenvalue weighted by molar-refractivity contribution is -0.127. The molecule has 192 valence electrons. The molecule has 0 aliphatic heterocycles. The number of hydrogen-bond donors (Lipinski definition) is 3. The van der Waals surface area contributed by atoms with Gasteiger partial charge in [0.05, 0.1) is 25.1 Å². The van der Waals surface area contributed by atoms with Crippen molar-refractivity contribution in [2.45, 2.75) is 52.2 Å². The van der Waals surface area contributed by atoms with Crippen LogP contribution < -0.4 is 21.5 Å². The van der Waals surface area contributed by atoms with Gasteiger partial charge in [-0.2, -0.15) is 4.37 Å². The molecule has 0 saturated carbocycles. The fourth-order valence-electron chi connectivity index (χ4n) is 3.49. The van der Waals surface area contributed by atoms with Crippen LogP contribution in [0.1, 0.15) is 71.6 Å². The molecule has 0 aliphatic rings. The molecule has 1 atom stereocenters. The summed E-state index contributed by atoms with van der Waals surface area (Å²) in [6, 6.07) is 9.30. The van der Waals surface area contributed by atoms with Gasteiger partial charge in [0.2, 0.25) is 5.91 Å². The molecular formula is C25H31N5O5S. The number of furan rings is 1. The molecule has 10 nitrogen and oxygen atoms in total. The second kappa shape index (κ2) is 11.3. The van der Waals surface area contributed by atoms with Crippen LogP contribution in [0.5, 0.6) is 5.75 Å². The third-order valence-electron chi connectivity index (χ3n) is 5.74. The molecule has 2 heterocycles. The summed E-state index contributed by atoms with van der Waals surface area (Å²) in [5, 5.41) is 3.04. The van der Waals surface area contributed by atoms with Crippen molar-refractivity contribution in [3.05, 3.63) is 64.6 Å². The number of hydrogen-bond acceptors (Lipinski definition) is 8. The van der Waals surface area contributed by atoms with Crippen LogP contribution in [0, 0.1) is 0 Å². The summed E-state index contributed by atoms with van der Waals surface area (Å²) in [4.78, 5) is 40.7. The van der Waals surface area contributed by atoms with E-state index in [0.717, 1.165) is 11.5 Å². The van der Waals surface area contributed by atoms with Crippen molar-refractivity contribution in [1.82, 2.24) is 14.6 Å². The molecule has 5 N–H and O–H groups in total. The molecule has 2 aromatic heterocycles. The highest BCUT2D eigenvalue weighted by Crippen LogP contribution is 2.31. The van der Waals surface area contributed by atoms with Gasteiger partial charge in [-0.25, -0.2) is 0 Å². The first-order chi connectivity index (χ1) is 17.1. The number of rotatable bonds is 11. The first-order valence-electron chi connectivity index (χ1n) is 11.5. The van der Waals surface area contributed by atoms with Crippen molar-refractivity contribution in [3.63, 3.8) is 0 Å². The van der Waals surface area contributed by atoms with Crippen LogP contribution >= 0.6 is 11.5 Å². The largest absolute Gasteiger partial charge is 0.494 e. The number of carbonyl (C=O) groups is 3. The number of ether oxygens (including phenoxy) is 1. The molecule has 0 saturated heterocycles. The van der Waals surface area contributed by atoms with E-state index < -0.39 is 23.4 Å². The van der Waals surface area contributed by atoms with Gasteiger partial charge in [-0.3, -0.25) is 14.4 Å². The highest BCUT2D eigenvalue weighted by molar-refractivity contribution is 7.09. The Kier molecular flexibility index (Phi) is 8.36. The van der Waals surface area contributed by atoms with Crippen LogP contribution in [-0.2, 0) is 11.3 Å². The van der Waals surface area contributed by atoms with Crippen LogP contribution in [0.2, 0.25) is 0 Å². The summed E-state index contributed by atoms with van der Waals surface area (Å²) < 4.78 is 15.0. The zero-order chi connectivity index (χ0) is 26.5. The second-order valence-corrected chi connectivity index (χ2v) is 9.56. The monoisotopic (exact) mass is 513 g/mol. The van der Waals surface area contributed by atoms with E-state index in [2.05, 4.69) is 9.69 Å². The minimum Gasteiger partial charge on any atom is -0.494 e. The van der Waals surface area contributed by atoms with E-state index in [1.165, 1.54) is 11.2 Å². The Balaban J connectivity index is 2.12. The maximum Gasteiger partial charge on any atom is 0.270 e. The number of nitrogens with zero attached hydrogens (tertiary/aromatic N) is 2. The molecule has 0 fully saturated rings. The van der Waals surface area contributed by atoms with Gasteiger partial charge in [0, 0.05) is 5.54 Å². The standard InChI is InChI=1S/C25H31N5O5S/c1-5-25(3,4)28-23(32)20(15-9-11-16(12-10-15)34-6-2)30(14-17-8-7-13-35-17)24(33)21-18(26)19(22(27)31)29-36-21/h7-13,20H,5-6,14,26H2,1-4H3,(H2,27,31)(H,28,32). The predicted octanol–water partition coefficient (Wildman–Crippen LogP) is 3.50. The number of benzene rings is 1. The minimum absolute atomic E-state index is 0.00819. The first kappa shape index (κ1) is 26.7. The molecule has 0 aliphatic carbocycles. The molecule has 11 heteroatoms. The van der Waals surface area contributed by atoms with E-state index in [1.54, 1.807) is 36.4 Å². The fourth-order valence-corrected chi connectivity index (χ4v) is 4.25. The van der Waals surface area contributed by atoms with E-state index in [-0.39, 0.29) is 28.7 Å². The summed E-state index contributed by atoms with van der Waals surface area (Å²) in [6.07, 6.45) is 2.15. The van der Waals surface area contributed by atoms with E-state index in [0.29, 0.717) is 30.1 Å². The molecule has 36 heavy (non-hydrogen) atoms. The van der Waals surface area contributed by atoms with Crippen molar-refractivity contribution >= 4 is 34.9 Å². The molecule has 0 bridgehead atoms. The number of nitrogens with one attached hydrogen (secondary N) is 1. The van der Waals surface area contributed by atoms with Gasteiger partial charge in [0.1, 0.15) is 22.4 Å². The smallest absolute Gasteiger partial charge is 0.270 e. The molecule has 0 radical (unpaired) electrons. The summed E-state index contributed by atoms with van der Waals surface area (Å²) in [6.45, 7) is 8.09. The van der Waals surface area contributed by atoms with Crippen LogP contribution in [0.15, 0.2) is 47.1 Å². The second-order valence-electron chi connectivity index (χ2n) is 8.78.